The first kappa shape index (κ1) is 17.0. The Hall–Kier alpha value is -2.80. The third kappa shape index (κ3) is 3.51. The summed E-state index contributed by atoms with van der Waals surface area (Å²) >= 11 is 0.827. The van der Waals surface area contributed by atoms with Crippen LogP contribution in [0.3, 0.4) is 0 Å². The molecule has 2 amide bonds. The van der Waals surface area contributed by atoms with Crippen molar-refractivity contribution in [3.05, 3.63) is 60.2 Å². The lowest BCUT2D eigenvalue weighted by Crippen LogP contribution is -2.44. The van der Waals surface area contributed by atoms with E-state index in [2.05, 4.69) is 0 Å². The van der Waals surface area contributed by atoms with Crippen LogP contribution in [0.4, 0.5) is 16.2 Å². The van der Waals surface area contributed by atoms with Gasteiger partial charge in [-0.2, -0.15) is 0 Å². The highest BCUT2D eigenvalue weighted by atomic mass is 32.2. The number of para-hydroxylation sites is 1. The van der Waals surface area contributed by atoms with Crippen molar-refractivity contribution in [3.63, 3.8) is 0 Å². The smallest absolute Gasteiger partial charge is 0.323 e. The molecule has 2 aromatic carbocycles. The number of thioether (sulfide) groups is 1. The van der Waals surface area contributed by atoms with Crippen molar-refractivity contribution in [2.75, 3.05) is 16.3 Å². The van der Waals surface area contributed by atoms with Crippen LogP contribution in [0.5, 0.6) is 0 Å². The fraction of sp³-hybridized carbons (Fsp3) is 0.167. The molecule has 0 bridgehead atoms. The van der Waals surface area contributed by atoms with Crippen molar-refractivity contribution >= 4 is 40.3 Å². The molecule has 7 heteroatoms. The first-order chi connectivity index (χ1) is 12.0. The Morgan fingerprint density at radius 2 is 1.88 bits per heavy atom. The van der Waals surface area contributed by atoms with Gasteiger partial charge in [0.15, 0.2) is 5.37 Å². The number of anilines is 2. The molecule has 25 heavy (non-hydrogen) atoms. The molecule has 0 radical (unpaired) electrons. The quantitative estimate of drug-likeness (QED) is 0.887. The van der Waals surface area contributed by atoms with Crippen LogP contribution in [-0.2, 0) is 9.59 Å². The van der Waals surface area contributed by atoms with Gasteiger partial charge in [-0.15, -0.1) is 0 Å². The molecule has 1 fully saturated rings. The van der Waals surface area contributed by atoms with Crippen molar-refractivity contribution in [2.45, 2.75) is 12.3 Å². The van der Waals surface area contributed by atoms with Crippen molar-refractivity contribution in [1.29, 1.82) is 0 Å². The average molecular weight is 356 g/mol. The van der Waals surface area contributed by atoms with E-state index in [1.54, 1.807) is 48.5 Å². The summed E-state index contributed by atoms with van der Waals surface area (Å²) in [5.74, 6) is -1.51. The lowest BCUT2D eigenvalue weighted by atomic mass is 10.2. The summed E-state index contributed by atoms with van der Waals surface area (Å²) < 4.78 is 0. The van der Waals surface area contributed by atoms with E-state index >= 15 is 0 Å². The minimum atomic E-state index is -1.07. The number of hydrogen-bond donors (Lipinski definition) is 1. The number of amides is 2. The molecule has 2 aromatic rings. The van der Waals surface area contributed by atoms with Gasteiger partial charge in [0.2, 0.25) is 0 Å². The maximum Gasteiger partial charge on any atom is 0.323 e. The SMILES string of the molecule is Cc1cccc(N2C(=O)S[C@H](N(CC(=O)O)c3ccccc3)C2=O)c1. The average Bonchev–Trinajstić information content (AvgIpc) is 2.87. The number of benzene rings is 2. The van der Waals surface area contributed by atoms with E-state index in [0.29, 0.717) is 11.4 Å². The van der Waals surface area contributed by atoms with Gasteiger partial charge in [0, 0.05) is 5.69 Å². The lowest BCUT2D eigenvalue weighted by molar-refractivity contribution is -0.135. The van der Waals surface area contributed by atoms with Gasteiger partial charge in [-0.3, -0.25) is 14.4 Å². The number of carboxylic acids is 1. The van der Waals surface area contributed by atoms with Crippen molar-refractivity contribution in [2.24, 2.45) is 0 Å². The molecule has 0 aliphatic carbocycles. The van der Waals surface area contributed by atoms with E-state index in [9.17, 15) is 19.5 Å². The molecule has 1 aliphatic rings. The fourth-order valence-corrected chi connectivity index (χ4v) is 3.69. The Kier molecular flexibility index (Phi) is 4.76. The number of rotatable bonds is 5. The Morgan fingerprint density at radius 1 is 1.16 bits per heavy atom. The molecular formula is C18H16N2O4S. The van der Waals surface area contributed by atoms with Crippen molar-refractivity contribution < 1.29 is 19.5 Å². The van der Waals surface area contributed by atoms with Crippen LogP contribution in [-0.4, -0.2) is 34.1 Å². The van der Waals surface area contributed by atoms with Gasteiger partial charge in [0.05, 0.1) is 5.69 Å². The fourth-order valence-electron chi connectivity index (χ4n) is 2.67. The summed E-state index contributed by atoms with van der Waals surface area (Å²) in [6.45, 7) is 1.50. The Bertz CT molecular complexity index is 825. The van der Waals surface area contributed by atoms with Gasteiger partial charge < -0.3 is 10.0 Å². The predicted octanol–water partition coefficient (Wildman–Crippen LogP) is 3.11. The first-order valence-corrected chi connectivity index (χ1v) is 8.50. The molecule has 0 aromatic heterocycles. The maximum atomic E-state index is 12.9. The van der Waals surface area contributed by atoms with Crippen LogP contribution < -0.4 is 9.80 Å². The Balaban J connectivity index is 1.94. The van der Waals surface area contributed by atoms with Crippen LogP contribution in [0.2, 0.25) is 0 Å². The molecule has 128 valence electrons. The van der Waals surface area contributed by atoms with Crippen LogP contribution in [0.25, 0.3) is 0 Å². The highest BCUT2D eigenvalue weighted by Gasteiger charge is 2.44. The normalized spacial score (nSPS) is 17.0. The second-order valence-corrected chi connectivity index (χ2v) is 6.64. The Morgan fingerprint density at radius 3 is 2.52 bits per heavy atom. The molecule has 1 saturated heterocycles. The minimum absolute atomic E-state index is 0.373. The zero-order valence-corrected chi connectivity index (χ0v) is 14.3. The topological polar surface area (TPSA) is 77.9 Å². The molecule has 1 heterocycles. The van der Waals surface area contributed by atoms with Crippen LogP contribution in [0.1, 0.15) is 5.56 Å². The van der Waals surface area contributed by atoms with Gasteiger partial charge in [0.1, 0.15) is 6.54 Å². The second-order valence-electron chi connectivity index (χ2n) is 5.61. The van der Waals surface area contributed by atoms with Crippen LogP contribution in [0, 0.1) is 6.92 Å². The number of carbonyl (C=O) groups is 3. The van der Waals surface area contributed by atoms with E-state index in [4.69, 9.17) is 0 Å². The summed E-state index contributed by atoms with van der Waals surface area (Å²) in [6.07, 6.45) is 0. The molecule has 3 rings (SSSR count). The van der Waals surface area contributed by atoms with Gasteiger partial charge in [-0.05, 0) is 48.5 Å². The molecule has 0 saturated carbocycles. The van der Waals surface area contributed by atoms with Crippen LogP contribution >= 0.6 is 11.8 Å². The van der Waals surface area contributed by atoms with E-state index < -0.39 is 22.5 Å². The lowest BCUT2D eigenvalue weighted by Gasteiger charge is -2.27. The number of nitrogens with zero attached hydrogens (tertiary/aromatic N) is 2. The van der Waals surface area contributed by atoms with Crippen molar-refractivity contribution in [3.8, 4) is 0 Å². The highest BCUT2D eigenvalue weighted by molar-refractivity contribution is 8.16. The molecule has 0 spiro atoms. The predicted molar refractivity (Wildman–Crippen MR) is 96.9 cm³/mol. The molecule has 0 unspecified atom stereocenters. The zero-order valence-electron chi connectivity index (χ0n) is 13.5. The van der Waals surface area contributed by atoms with E-state index in [1.807, 2.05) is 13.0 Å². The third-order valence-corrected chi connectivity index (χ3v) is 4.83. The number of carboxylic acid groups (broad SMARTS) is 1. The third-order valence-electron chi connectivity index (χ3n) is 3.76. The number of hydrogen-bond acceptors (Lipinski definition) is 5. The molecule has 6 nitrogen and oxygen atoms in total. The summed E-state index contributed by atoms with van der Waals surface area (Å²) in [5, 5.41) is 7.90. The van der Waals surface area contributed by atoms with Gasteiger partial charge in [0.25, 0.3) is 11.1 Å². The molecule has 1 N–H and O–H groups in total. The van der Waals surface area contributed by atoms with E-state index in [-0.39, 0.29) is 6.54 Å². The minimum Gasteiger partial charge on any atom is -0.480 e. The second kappa shape index (κ2) is 6.98. The highest BCUT2D eigenvalue weighted by Crippen LogP contribution is 2.35. The monoisotopic (exact) mass is 356 g/mol. The van der Waals surface area contributed by atoms with Gasteiger partial charge >= 0.3 is 5.97 Å². The molecule has 1 atom stereocenters. The van der Waals surface area contributed by atoms with Crippen LogP contribution in [0.15, 0.2) is 54.6 Å². The maximum absolute atomic E-state index is 12.9. The summed E-state index contributed by atoms with van der Waals surface area (Å²) in [6, 6.07) is 15.8. The molecular weight excluding hydrogens is 340 g/mol. The number of aryl methyl sites for hydroxylation is 1. The number of carbonyl (C=O) groups excluding carboxylic acids is 2. The van der Waals surface area contributed by atoms with Gasteiger partial charge in [-0.25, -0.2) is 4.90 Å². The first-order valence-electron chi connectivity index (χ1n) is 7.62. The summed E-state index contributed by atoms with van der Waals surface area (Å²) in [4.78, 5) is 39.1. The standard InChI is InChI=1S/C18H16N2O4S/c1-12-6-5-9-14(10-12)20-16(23)17(25-18(20)24)19(11-15(21)22)13-7-3-2-4-8-13/h2-10,17H,11H2,1H3,(H,21,22)/t17-/m0/s1. The van der Waals surface area contributed by atoms with E-state index in [0.717, 1.165) is 22.2 Å². The molecule has 1 aliphatic heterocycles. The Labute approximate surface area is 149 Å². The largest absolute Gasteiger partial charge is 0.480 e. The van der Waals surface area contributed by atoms with E-state index in [1.165, 1.54) is 4.90 Å². The zero-order chi connectivity index (χ0) is 18.0. The number of imide groups is 1. The number of aliphatic carboxylic acids is 1. The summed E-state index contributed by atoms with van der Waals surface area (Å²) in [7, 11) is 0. The summed E-state index contributed by atoms with van der Waals surface area (Å²) in [5.41, 5.74) is 2.00. The van der Waals surface area contributed by atoms with Gasteiger partial charge in [-0.1, -0.05) is 30.3 Å². The van der Waals surface area contributed by atoms with Crippen molar-refractivity contribution in [1.82, 2.24) is 0 Å².